The number of nitrogens with one attached hydrogen (secondary N) is 1. The molecule has 356 valence electrons. The maximum Gasteiger partial charge on any atom is 0.305 e. The van der Waals surface area contributed by atoms with Gasteiger partial charge in [-0.25, -0.2) is 0 Å². The standard InChI is InChI=1S/C54H105NO5/c1-3-5-7-9-11-13-15-17-19-21-22-23-25-27-30-34-38-42-46-52(57)51(50-56)55-53(58)47-43-39-35-31-29-33-37-41-45-49-60-54(59)48-44-40-36-32-28-26-24-20-18-16-14-12-10-8-6-4-2/h31,35,51-52,56-57H,3-30,32-34,36-50H2,1-2H3,(H,55,58)/b35-31-. The van der Waals surface area contributed by atoms with Crippen LogP contribution in [0.4, 0.5) is 0 Å². The smallest absolute Gasteiger partial charge is 0.305 e. The second kappa shape index (κ2) is 50.2. The first-order valence-corrected chi connectivity index (χ1v) is 26.9. The lowest BCUT2D eigenvalue weighted by Crippen LogP contribution is -2.45. The van der Waals surface area contributed by atoms with Gasteiger partial charge in [0.25, 0.3) is 0 Å². The van der Waals surface area contributed by atoms with E-state index in [0.717, 1.165) is 70.6 Å². The number of ether oxygens (including phenoxy) is 1. The Bertz CT molecular complexity index is 893. The minimum Gasteiger partial charge on any atom is -0.466 e. The van der Waals surface area contributed by atoms with Crippen LogP contribution in [0.1, 0.15) is 296 Å². The average molecular weight is 848 g/mol. The van der Waals surface area contributed by atoms with Gasteiger partial charge in [0.15, 0.2) is 0 Å². The van der Waals surface area contributed by atoms with Gasteiger partial charge in [-0.2, -0.15) is 0 Å². The van der Waals surface area contributed by atoms with E-state index in [4.69, 9.17) is 4.74 Å². The first-order valence-electron chi connectivity index (χ1n) is 26.9. The number of aliphatic hydroxyl groups excluding tert-OH is 2. The minimum absolute atomic E-state index is 0.0315. The van der Waals surface area contributed by atoms with Gasteiger partial charge in [-0.15, -0.1) is 0 Å². The second-order valence-electron chi connectivity index (χ2n) is 18.6. The van der Waals surface area contributed by atoms with Gasteiger partial charge < -0.3 is 20.3 Å². The van der Waals surface area contributed by atoms with E-state index in [1.54, 1.807) is 0 Å². The maximum absolute atomic E-state index is 12.4. The molecule has 3 N–H and O–H groups in total. The summed E-state index contributed by atoms with van der Waals surface area (Å²) in [6.07, 6.45) is 57.7. The van der Waals surface area contributed by atoms with E-state index in [2.05, 4.69) is 31.3 Å². The second-order valence-corrected chi connectivity index (χ2v) is 18.6. The first kappa shape index (κ1) is 58.6. The fourth-order valence-corrected chi connectivity index (χ4v) is 8.41. The molecule has 6 heteroatoms. The Labute approximate surface area is 374 Å². The van der Waals surface area contributed by atoms with Crippen molar-refractivity contribution in [2.45, 2.75) is 309 Å². The first-order chi connectivity index (χ1) is 29.5. The van der Waals surface area contributed by atoms with Crippen molar-refractivity contribution in [3.05, 3.63) is 12.2 Å². The van der Waals surface area contributed by atoms with Gasteiger partial charge in [-0.3, -0.25) is 9.59 Å². The predicted octanol–water partition coefficient (Wildman–Crippen LogP) is 16.1. The van der Waals surface area contributed by atoms with E-state index in [-0.39, 0.29) is 18.5 Å². The zero-order valence-electron chi connectivity index (χ0n) is 40.5. The molecule has 0 spiro atoms. The highest BCUT2D eigenvalue weighted by Gasteiger charge is 2.20. The summed E-state index contributed by atoms with van der Waals surface area (Å²) in [4.78, 5) is 24.5. The van der Waals surface area contributed by atoms with Crippen molar-refractivity contribution in [1.29, 1.82) is 0 Å². The molecule has 0 saturated heterocycles. The fourth-order valence-electron chi connectivity index (χ4n) is 8.41. The third-order valence-electron chi connectivity index (χ3n) is 12.6. The van der Waals surface area contributed by atoms with Crippen LogP contribution in [0.3, 0.4) is 0 Å². The molecule has 0 aliphatic heterocycles. The molecule has 0 rings (SSSR count). The highest BCUT2D eigenvalue weighted by Crippen LogP contribution is 2.17. The van der Waals surface area contributed by atoms with Crippen LogP contribution < -0.4 is 5.32 Å². The van der Waals surface area contributed by atoms with E-state index in [0.29, 0.717) is 25.9 Å². The van der Waals surface area contributed by atoms with Gasteiger partial charge in [0.2, 0.25) is 5.91 Å². The molecule has 2 unspecified atom stereocenters. The summed E-state index contributed by atoms with van der Waals surface area (Å²) in [5.74, 6) is -0.124. The number of unbranched alkanes of at least 4 members (excludes halogenated alkanes) is 37. The lowest BCUT2D eigenvalue weighted by Gasteiger charge is -2.22. The van der Waals surface area contributed by atoms with Crippen LogP contribution in [0.5, 0.6) is 0 Å². The summed E-state index contributed by atoms with van der Waals surface area (Å²) >= 11 is 0. The van der Waals surface area contributed by atoms with Crippen molar-refractivity contribution in [3.63, 3.8) is 0 Å². The fraction of sp³-hybridized carbons (Fsp3) is 0.926. The quantitative estimate of drug-likeness (QED) is 0.0322. The van der Waals surface area contributed by atoms with Gasteiger partial charge in [-0.05, 0) is 44.9 Å². The lowest BCUT2D eigenvalue weighted by atomic mass is 10.0. The normalized spacial score (nSPS) is 12.7. The molecule has 6 nitrogen and oxygen atoms in total. The molecular formula is C54H105NO5. The SMILES string of the molecule is CCCCCCCCCCCCCCCCCCCCC(O)C(CO)NC(=O)CCC/C=C\CCCCCCOC(=O)CCCCCCCCCCCCCCCCCC. The van der Waals surface area contributed by atoms with Crippen molar-refractivity contribution >= 4 is 11.9 Å². The van der Waals surface area contributed by atoms with Gasteiger partial charge in [0, 0.05) is 12.8 Å². The summed E-state index contributed by atoms with van der Waals surface area (Å²) in [6.45, 7) is 4.88. The van der Waals surface area contributed by atoms with E-state index in [1.165, 1.54) is 193 Å². The van der Waals surface area contributed by atoms with Crippen molar-refractivity contribution in [2.24, 2.45) is 0 Å². The highest BCUT2D eigenvalue weighted by molar-refractivity contribution is 5.76. The van der Waals surface area contributed by atoms with Gasteiger partial charge in [-0.1, -0.05) is 251 Å². The number of hydrogen-bond donors (Lipinski definition) is 3. The zero-order chi connectivity index (χ0) is 43.7. The Morgan fingerprint density at radius 2 is 0.800 bits per heavy atom. The Morgan fingerprint density at radius 1 is 0.450 bits per heavy atom. The number of aliphatic hydroxyl groups is 2. The number of rotatable bonds is 50. The molecule has 0 aromatic rings. The summed E-state index contributed by atoms with van der Waals surface area (Å²) in [5, 5.41) is 23.2. The molecule has 0 fully saturated rings. The van der Waals surface area contributed by atoms with Gasteiger partial charge in [0.05, 0.1) is 25.4 Å². The summed E-state index contributed by atoms with van der Waals surface area (Å²) in [5.41, 5.74) is 0. The molecule has 0 aromatic carbocycles. The van der Waals surface area contributed by atoms with Crippen LogP contribution in [0.15, 0.2) is 12.2 Å². The third-order valence-corrected chi connectivity index (χ3v) is 12.6. The maximum atomic E-state index is 12.4. The summed E-state index contributed by atoms with van der Waals surface area (Å²) in [7, 11) is 0. The molecule has 0 radical (unpaired) electrons. The monoisotopic (exact) mass is 848 g/mol. The van der Waals surface area contributed by atoms with Crippen molar-refractivity contribution < 1.29 is 24.5 Å². The van der Waals surface area contributed by atoms with Crippen LogP contribution >= 0.6 is 0 Å². The van der Waals surface area contributed by atoms with Gasteiger partial charge in [0.1, 0.15) is 0 Å². The Kier molecular flexibility index (Phi) is 49.1. The molecule has 1 amide bonds. The largest absolute Gasteiger partial charge is 0.466 e. The van der Waals surface area contributed by atoms with Crippen LogP contribution in [-0.4, -0.2) is 47.4 Å². The molecule has 0 heterocycles. The molecule has 0 aliphatic carbocycles. The Hall–Kier alpha value is -1.40. The Morgan fingerprint density at radius 3 is 1.22 bits per heavy atom. The molecule has 0 saturated carbocycles. The predicted molar refractivity (Wildman–Crippen MR) is 260 cm³/mol. The van der Waals surface area contributed by atoms with Crippen molar-refractivity contribution in [1.82, 2.24) is 5.32 Å². The third kappa shape index (κ3) is 46.1. The van der Waals surface area contributed by atoms with E-state index in [1.807, 2.05) is 0 Å². The molecule has 0 aliphatic rings. The number of amides is 1. The molecule has 0 aromatic heterocycles. The molecule has 60 heavy (non-hydrogen) atoms. The summed E-state index contributed by atoms with van der Waals surface area (Å²) < 4.78 is 5.45. The van der Waals surface area contributed by atoms with Crippen molar-refractivity contribution in [2.75, 3.05) is 13.2 Å². The number of carbonyl (C=O) groups is 2. The molecular weight excluding hydrogens is 743 g/mol. The molecule has 0 bridgehead atoms. The number of esters is 1. The highest BCUT2D eigenvalue weighted by atomic mass is 16.5. The molecule has 2 atom stereocenters. The van der Waals surface area contributed by atoms with Crippen LogP contribution in [0, 0.1) is 0 Å². The number of carbonyl (C=O) groups excluding carboxylic acids is 2. The van der Waals surface area contributed by atoms with Crippen LogP contribution in [0.25, 0.3) is 0 Å². The van der Waals surface area contributed by atoms with Crippen molar-refractivity contribution in [3.8, 4) is 0 Å². The Balaban J connectivity index is 3.51. The van der Waals surface area contributed by atoms with E-state index in [9.17, 15) is 19.8 Å². The van der Waals surface area contributed by atoms with Crippen LogP contribution in [-0.2, 0) is 14.3 Å². The number of hydrogen-bond acceptors (Lipinski definition) is 5. The lowest BCUT2D eigenvalue weighted by molar-refractivity contribution is -0.143. The van der Waals surface area contributed by atoms with Gasteiger partial charge >= 0.3 is 5.97 Å². The van der Waals surface area contributed by atoms with E-state index < -0.39 is 12.1 Å². The van der Waals surface area contributed by atoms with E-state index >= 15 is 0 Å². The summed E-state index contributed by atoms with van der Waals surface area (Å²) in [6, 6.07) is -0.578. The average Bonchev–Trinajstić information content (AvgIpc) is 3.25. The minimum atomic E-state index is -0.694. The van der Waals surface area contributed by atoms with Crippen LogP contribution in [0.2, 0.25) is 0 Å². The topological polar surface area (TPSA) is 95.9 Å². The zero-order valence-corrected chi connectivity index (χ0v) is 40.5. The number of allylic oxidation sites excluding steroid dienone is 2.